The summed E-state index contributed by atoms with van der Waals surface area (Å²) < 4.78 is 10.1. The number of nitrogens with zero attached hydrogens (tertiary/aromatic N) is 1. The van der Waals surface area contributed by atoms with Gasteiger partial charge in [0.2, 0.25) is 0 Å². The molecule has 0 unspecified atom stereocenters. The Morgan fingerprint density at radius 3 is 2.45 bits per heavy atom. The van der Waals surface area contributed by atoms with Crippen LogP contribution in [0.3, 0.4) is 0 Å². The number of rotatable bonds is 6. The maximum atomic E-state index is 11.9. The summed E-state index contributed by atoms with van der Waals surface area (Å²) >= 11 is 0. The molecule has 0 aliphatic heterocycles. The predicted octanol–water partition coefficient (Wildman–Crippen LogP) is 1.30. The quantitative estimate of drug-likeness (QED) is 0.627. The third-order valence-corrected chi connectivity index (χ3v) is 2.88. The number of carbonyl (C=O) groups is 2. The van der Waals surface area contributed by atoms with Gasteiger partial charge in [0.25, 0.3) is 5.91 Å². The van der Waals surface area contributed by atoms with Gasteiger partial charge in [-0.2, -0.15) is 0 Å². The number of amides is 1. The Kier molecular flexibility index (Phi) is 5.83. The molecule has 0 atom stereocenters. The van der Waals surface area contributed by atoms with Gasteiger partial charge in [0.05, 0.1) is 7.11 Å². The Labute approximate surface area is 118 Å². The van der Waals surface area contributed by atoms with Crippen LogP contribution in [-0.4, -0.2) is 43.6 Å². The normalized spacial score (nSPS) is 9.95. The van der Waals surface area contributed by atoms with Gasteiger partial charge in [-0.15, -0.1) is 0 Å². The number of ether oxygens (including phenoxy) is 2. The lowest BCUT2D eigenvalue weighted by atomic mass is 10.2. The molecular formula is C14H20N2O4. The van der Waals surface area contributed by atoms with Crippen LogP contribution in [-0.2, 0) is 9.53 Å². The van der Waals surface area contributed by atoms with Crippen molar-refractivity contribution in [2.75, 3.05) is 32.5 Å². The molecule has 1 amide bonds. The van der Waals surface area contributed by atoms with Crippen LogP contribution in [0.4, 0.5) is 5.69 Å². The molecule has 0 radical (unpaired) electrons. The molecule has 0 aromatic heterocycles. The van der Waals surface area contributed by atoms with Gasteiger partial charge in [-0.05, 0) is 26.0 Å². The summed E-state index contributed by atoms with van der Waals surface area (Å²) in [5, 5.41) is 0. The molecule has 0 aliphatic rings. The van der Waals surface area contributed by atoms with Gasteiger partial charge in [0.1, 0.15) is 11.3 Å². The van der Waals surface area contributed by atoms with Gasteiger partial charge in [0, 0.05) is 24.8 Å². The zero-order valence-corrected chi connectivity index (χ0v) is 12.0. The highest BCUT2D eigenvalue weighted by Gasteiger charge is 2.16. The van der Waals surface area contributed by atoms with E-state index in [-0.39, 0.29) is 23.8 Å². The van der Waals surface area contributed by atoms with Crippen molar-refractivity contribution in [3.63, 3.8) is 0 Å². The standard InChI is InChI=1S/C14H20N2O4/c1-4-16(5-2)13(17)9-20-12-8-10(15)6-7-11(12)14(18)19-3/h6-8H,4-5,9,15H2,1-3H3. The molecular weight excluding hydrogens is 260 g/mol. The van der Waals surface area contributed by atoms with Crippen molar-refractivity contribution in [1.82, 2.24) is 4.90 Å². The van der Waals surface area contributed by atoms with E-state index in [1.165, 1.54) is 19.2 Å². The first kappa shape index (κ1) is 15.8. The molecule has 0 heterocycles. The predicted molar refractivity (Wildman–Crippen MR) is 75.6 cm³/mol. The molecule has 20 heavy (non-hydrogen) atoms. The van der Waals surface area contributed by atoms with Gasteiger partial charge in [0.15, 0.2) is 6.61 Å². The van der Waals surface area contributed by atoms with Crippen LogP contribution < -0.4 is 10.5 Å². The molecule has 0 spiro atoms. The average Bonchev–Trinajstić information content (AvgIpc) is 2.45. The van der Waals surface area contributed by atoms with Gasteiger partial charge in [-0.25, -0.2) is 4.79 Å². The van der Waals surface area contributed by atoms with Crippen LogP contribution in [0.5, 0.6) is 5.75 Å². The number of nitrogen functional groups attached to an aromatic ring is 1. The second-order valence-corrected chi connectivity index (χ2v) is 4.10. The van der Waals surface area contributed by atoms with Crippen LogP contribution in [0.2, 0.25) is 0 Å². The van der Waals surface area contributed by atoms with E-state index in [2.05, 4.69) is 4.74 Å². The summed E-state index contributed by atoms with van der Waals surface area (Å²) in [4.78, 5) is 25.1. The van der Waals surface area contributed by atoms with Crippen LogP contribution in [0.1, 0.15) is 24.2 Å². The van der Waals surface area contributed by atoms with E-state index < -0.39 is 5.97 Å². The third-order valence-electron chi connectivity index (χ3n) is 2.88. The third kappa shape index (κ3) is 3.88. The Morgan fingerprint density at radius 1 is 1.25 bits per heavy atom. The summed E-state index contributed by atoms with van der Waals surface area (Å²) in [6.45, 7) is 4.86. The second-order valence-electron chi connectivity index (χ2n) is 4.10. The van der Waals surface area contributed by atoms with Gasteiger partial charge in [-0.1, -0.05) is 0 Å². The first-order valence-corrected chi connectivity index (χ1v) is 6.41. The lowest BCUT2D eigenvalue weighted by Gasteiger charge is -2.19. The largest absolute Gasteiger partial charge is 0.483 e. The van der Waals surface area contributed by atoms with Crippen LogP contribution in [0.15, 0.2) is 18.2 Å². The smallest absolute Gasteiger partial charge is 0.341 e. The molecule has 1 aromatic rings. The number of carbonyl (C=O) groups excluding carboxylic acids is 2. The van der Waals surface area contributed by atoms with Crippen molar-refractivity contribution in [3.8, 4) is 5.75 Å². The Bertz CT molecular complexity index is 484. The number of hydrogen-bond donors (Lipinski definition) is 1. The number of hydrogen-bond acceptors (Lipinski definition) is 5. The van der Waals surface area contributed by atoms with E-state index in [4.69, 9.17) is 10.5 Å². The summed E-state index contributed by atoms with van der Waals surface area (Å²) in [6, 6.07) is 4.59. The minimum absolute atomic E-state index is 0.144. The monoisotopic (exact) mass is 280 g/mol. The first-order valence-electron chi connectivity index (χ1n) is 6.41. The molecule has 0 fully saturated rings. The lowest BCUT2D eigenvalue weighted by Crippen LogP contribution is -2.34. The Morgan fingerprint density at radius 2 is 1.90 bits per heavy atom. The van der Waals surface area contributed by atoms with E-state index in [0.29, 0.717) is 18.8 Å². The van der Waals surface area contributed by atoms with Crippen molar-refractivity contribution in [2.24, 2.45) is 0 Å². The molecule has 1 aromatic carbocycles. The fourth-order valence-corrected chi connectivity index (χ4v) is 1.74. The SMILES string of the molecule is CCN(CC)C(=O)COc1cc(N)ccc1C(=O)OC. The minimum Gasteiger partial charge on any atom is -0.483 e. The van der Waals surface area contributed by atoms with Crippen molar-refractivity contribution in [2.45, 2.75) is 13.8 Å². The molecule has 0 aliphatic carbocycles. The van der Waals surface area contributed by atoms with Crippen LogP contribution in [0, 0.1) is 0 Å². The van der Waals surface area contributed by atoms with E-state index >= 15 is 0 Å². The maximum Gasteiger partial charge on any atom is 0.341 e. The van der Waals surface area contributed by atoms with E-state index in [1.54, 1.807) is 11.0 Å². The highest BCUT2D eigenvalue weighted by atomic mass is 16.5. The van der Waals surface area contributed by atoms with E-state index in [0.717, 1.165) is 0 Å². The minimum atomic E-state index is -0.532. The van der Waals surface area contributed by atoms with Crippen molar-refractivity contribution < 1.29 is 19.1 Å². The zero-order chi connectivity index (χ0) is 15.1. The molecule has 1 rings (SSSR count). The Balaban J connectivity index is 2.84. The van der Waals surface area contributed by atoms with Crippen molar-refractivity contribution in [1.29, 1.82) is 0 Å². The molecule has 2 N–H and O–H groups in total. The number of benzene rings is 1. The molecule has 6 heteroatoms. The number of likely N-dealkylation sites (N-methyl/N-ethyl adjacent to an activating group) is 1. The Hall–Kier alpha value is -2.24. The highest BCUT2D eigenvalue weighted by Crippen LogP contribution is 2.22. The summed E-state index contributed by atoms with van der Waals surface area (Å²) in [7, 11) is 1.28. The fourth-order valence-electron chi connectivity index (χ4n) is 1.74. The maximum absolute atomic E-state index is 11.9. The summed E-state index contributed by atoms with van der Waals surface area (Å²) in [6.07, 6.45) is 0. The van der Waals surface area contributed by atoms with Crippen LogP contribution >= 0.6 is 0 Å². The molecule has 0 saturated carbocycles. The fraction of sp³-hybridized carbons (Fsp3) is 0.429. The first-order chi connectivity index (χ1) is 9.53. The number of anilines is 1. The van der Waals surface area contributed by atoms with Gasteiger partial charge < -0.3 is 20.1 Å². The van der Waals surface area contributed by atoms with E-state index in [1.807, 2.05) is 13.8 Å². The van der Waals surface area contributed by atoms with Crippen LogP contribution in [0.25, 0.3) is 0 Å². The second kappa shape index (κ2) is 7.37. The molecule has 0 saturated heterocycles. The number of methoxy groups -OCH3 is 1. The summed E-state index contributed by atoms with van der Waals surface area (Å²) in [5.41, 5.74) is 6.35. The molecule has 0 bridgehead atoms. The van der Waals surface area contributed by atoms with Gasteiger partial charge in [-0.3, -0.25) is 4.79 Å². The number of nitrogens with two attached hydrogens (primary N) is 1. The van der Waals surface area contributed by atoms with E-state index in [9.17, 15) is 9.59 Å². The molecule has 110 valence electrons. The van der Waals surface area contributed by atoms with Crippen molar-refractivity contribution >= 4 is 17.6 Å². The zero-order valence-electron chi connectivity index (χ0n) is 12.0. The topological polar surface area (TPSA) is 81.9 Å². The number of esters is 1. The average molecular weight is 280 g/mol. The summed E-state index contributed by atoms with van der Waals surface area (Å²) in [5.74, 6) is -0.430. The van der Waals surface area contributed by atoms with Crippen molar-refractivity contribution in [3.05, 3.63) is 23.8 Å². The van der Waals surface area contributed by atoms with Gasteiger partial charge >= 0.3 is 5.97 Å². The lowest BCUT2D eigenvalue weighted by molar-refractivity contribution is -0.132. The molecule has 6 nitrogen and oxygen atoms in total. The highest BCUT2D eigenvalue weighted by molar-refractivity contribution is 5.93.